The van der Waals surface area contributed by atoms with Crippen LogP contribution < -0.4 is 4.74 Å². The van der Waals surface area contributed by atoms with Crippen LogP contribution in [0.4, 0.5) is 0 Å². The highest BCUT2D eigenvalue weighted by Gasteiger charge is 2.14. The fourth-order valence-electron chi connectivity index (χ4n) is 1.91. The van der Waals surface area contributed by atoms with Crippen molar-refractivity contribution >= 4 is 11.6 Å². The molecule has 0 unspecified atom stereocenters. The molecule has 1 aromatic heterocycles. The summed E-state index contributed by atoms with van der Waals surface area (Å²) in [6.45, 7) is 0. The van der Waals surface area contributed by atoms with E-state index in [9.17, 15) is 0 Å². The summed E-state index contributed by atoms with van der Waals surface area (Å²) in [6, 6.07) is 3.88. The zero-order valence-electron chi connectivity index (χ0n) is 8.79. The number of pyridine rings is 1. The summed E-state index contributed by atoms with van der Waals surface area (Å²) in [7, 11) is 0. The van der Waals surface area contributed by atoms with E-state index in [1.165, 1.54) is 32.1 Å². The molecule has 0 saturated heterocycles. The van der Waals surface area contributed by atoms with Crippen molar-refractivity contribution in [1.29, 1.82) is 0 Å². The Bertz CT molecular complexity index is 293. The quantitative estimate of drug-likeness (QED) is 0.735. The average Bonchev–Trinajstić information content (AvgIpc) is 2.31. The summed E-state index contributed by atoms with van der Waals surface area (Å²) < 4.78 is 5.80. The number of alkyl halides is 1. The molecule has 0 aromatic carbocycles. The van der Waals surface area contributed by atoms with Crippen LogP contribution in [0.15, 0.2) is 18.3 Å². The van der Waals surface area contributed by atoms with Gasteiger partial charge in [0.05, 0.1) is 0 Å². The van der Waals surface area contributed by atoms with Gasteiger partial charge in [-0.15, -0.1) is 11.6 Å². The summed E-state index contributed by atoms with van der Waals surface area (Å²) in [4.78, 5) is 4.24. The predicted molar refractivity (Wildman–Crippen MR) is 61.3 cm³/mol. The third-order valence-electron chi connectivity index (χ3n) is 2.79. The normalized spacial score (nSPS) is 17.7. The van der Waals surface area contributed by atoms with Gasteiger partial charge in [0.1, 0.15) is 6.10 Å². The molecule has 1 saturated carbocycles. The fourth-order valence-corrected chi connectivity index (χ4v) is 2.07. The van der Waals surface area contributed by atoms with E-state index in [0.29, 0.717) is 12.0 Å². The zero-order chi connectivity index (χ0) is 10.5. The van der Waals surface area contributed by atoms with Gasteiger partial charge in [0.2, 0.25) is 5.88 Å². The van der Waals surface area contributed by atoms with Gasteiger partial charge in [0.25, 0.3) is 0 Å². The molecule has 0 amide bonds. The summed E-state index contributed by atoms with van der Waals surface area (Å²) in [5, 5.41) is 0. The van der Waals surface area contributed by atoms with Crippen LogP contribution in [-0.4, -0.2) is 11.1 Å². The van der Waals surface area contributed by atoms with Crippen molar-refractivity contribution in [3.63, 3.8) is 0 Å². The second kappa shape index (κ2) is 5.36. The minimum atomic E-state index is 0.369. The first-order valence-corrected chi connectivity index (χ1v) is 6.09. The van der Waals surface area contributed by atoms with Crippen LogP contribution in [0.2, 0.25) is 0 Å². The Balaban J connectivity index is 1.91. The lowest BCUT2D eigenvalue weighted by Gasteiger charge is -2.22. The van der Waals surface area contributed by atoms with Gasteiger partial charge >= 0.3 is 0 Å². The molecule has 1 fully saturated rings. The minimum Gasteiger partial charge on any atom is -0.474 e. The van der Waals surface area contributed by atoms with Crippen molar-refractivity contribution in [3.05, 3.63) is 23.9 Å². The predicted octanol–water partition coefficient (Wildman–Crippen LogP) is 3.53. The lowest BCUT2D eigenvalue weighted by molar-refractivity contribution is 0.148. The molecular weight excluding hydrogens is 210 g/mol. The molecule has 1 heterocycles. The fraction of sp³-hybridized carbons (Fsp3) is 0.583. The number of nitrogens with zero attached hydrogens (tertiary/aromatic N) is 1. The van der Waals surface area contributed by atoms with Crippen LogP contribution in [0.1, 0.15) is 37.7 Å². The van der Waals surface area contributed by atoms with Gasteiger partial charge in [0.15, 0.2) is 0 Å². The highest BCUT2D eigenvalue weighted by molar-refractivity contribution is 6.17. The van der Waals surface area contributed by atoms with Crippen molar-refractivity contribution < 1.29 is 4.74 Å². The Labute approximate surface area is 95.6 Å². The van der Waals surface area contributed by atoms with Crippen molar-refractivity contribution in [2.24, 2.45) is 0 Å². The van der Waals surface area contributed by atoms with Gasteiger partial charge in [-0.3, -0.25) is 0 Å². The number of halogens is 1. The minimum absolute atomic E-state index is 0.369. The highest BCUT2D eigenvalue weighted by atomic mass is 35.5. The standard InChI is InChI=1S/C12H16ClNO/c13-8-10-6-7-12(14-9-10)15-11-4-2-1-3-5-11/h6-7,9,11H,1-5,8H2. The van der Waals surface area contributed by atoms with Crippen LogP contribution in [0.25, 0.3) is 0 Å². The molecule has 0 radical (unpaired) electrons. The monoisotopic (exact) mass is 225 g/mol. The SMILES string of the molecule is ClCc1ccc(OC2CCCCC2)nc1. The number of rotatable bonds is 3. The maximum absolute atomic E-state index is 5.80. The van der Waals surface area contributed by atoms with Gasteiger partial charge in [0, 0.05) is 18.1 Å². The van der Waals surface area contributed by atoms with Crippen LogP contribution >= 0.6 is 11.6 Å². The maximum Gasteiger partial charge on any atom is 0.213 e. The Kier molecular flexibility index (Phi) is 3.84. The van der Waals surface area contributed by atoms with Crippen LogP contribution in [0, 0.1) is 0 Å². The summed E-state index contributed by atoms with van der Waals surface area (Å²) in [5.41, 5.74) is 1.03. The molecule has 3 heteroatoms. The number of ether oxygens (including phenoxy) is 1. The number of hydrogen-bond acceptors (Lipinski definition) is 2. The molecule has 1 aliphatic rings. The van der Waals surface area contributed by atoms with Crippen molar-refractivity contribution in [1.82, 2.24) is 4.98 Å². The molecule has 0 spiro atoms. The Hall–Kier alpha value is -0.760. The first-order chi connectivity index (χ1) is 7.38. The van der Waals surface area contributed by atoms with Crippen molar-refractivity contribution in [2.75, 3.05) is 0 Å². The number of aromatic nitrogens is 1. The van der Waals surface area contributed by atoms with Gasteiger partial charge in [-0.2, -0.15) is 0 Å². The van der Waals surface area contributed by atoms with E-state index in [-0.39, 0.29) is 0 Å². The Morgan fingerprint density at radius 1 is 1.27 bits per heavy atom. The van der Waals surface area contributed by atoms with Gasteiger partial charge in [-0.25, -0.2) is 4.98 Å². The maximum atomic E-state index is 5.80. The van der Waals surface area contributed by atoms with Crippen LogP contribution in [-0.2, 0) is 5.88 Å². The molecule has 0 aliphatic heterocycles. The van der Waals surface area contributed by atoms with Gasteiger partial charge in [-0.05, 0) is 31.2 Å². The van der Waals surface area contributed by atoms with E-state index < -0.39 is 0 Å². The zero-order valence-corrected chi connectivity index (χ0v) is 9.54. The molecule has 2 rings (SSSR count). The average molecular weight is 226 g/mol. The molecule has 1 aliphatic carbocycles. The molecular formula is C12H16ClNO. The molecule has 2 nitrogen and oxygen atoms in total. The summed E-state index contributed by atoms with van der Waals surface area (Å²) in [6.07, 6.45) is 8.39. The summed E-state index contributed by atoms with van der Waals surface area (Å²) in [5.74, 6) is 1.24. The Morgan fingerprint density at radius 3 is 2.67 bits per heavy atom. The number of hydrogen-bond donors (Lipinski definition) is 0. The topological polar surface area (TPSA) is 22.1 Å². The molecule has 15 heavy (non-hydrogen) atoms. The lowest BCUT2D eigenvalue weighted by Crippen LogP contribution is -2.20. The van der Waals surface area contributed by atoms with E-state index in [4.69, 9.17) is 16.3 Å². The van der Waals surface area contributed by atoms with Crippen molar-refractivity contribution in [2.45, 2.75) is 44.1 Å². The first kappa shape index (κ1) is 10.7. The second-order valence-corrected chi connectivity index (χ2v) is 4.28. The second-order valence-electron chi connectivity index (χ2n) is 4.02. The van der Waals surface area contributed by atoms with Gasteiger partial charge < -0.3 is 4.74 Å². The van der Waals surface area contributed by atoms with Crippen LogP contribution in [0.5, 0.6) is 5.88 Å². The smallest absolute Gasteiger partial charge is 0.213 e. The lowest BCUT2D eigenvalue weighted by atomic mass is 9.98. The van der Waals surface area contributed by atoms with E-state index in [1.54, 1.807) is 6.20 Å². The molecule has 0 N–H and O–H groups in total. The third-order valence-corrected chi connectivity index (χ3v) is 3.10. The first-order valence-electron chi connectivity index (χ1n) is 5.56. The summed E-state index contributed by atoms with van der Waals surface area (Å²) >= 11 is 5.69. The van der Waals surface area contributed by atoms with E-state index in [2.05, 4.69) is 4.98 Å². The molecule has 0 bridgehead atoms. The van der Waals surface area contributed by atoms with Crippen molar-refractivity contribution in [3.8, 4) is 5.88 Å². The third kappa shape index (κ3) is 3.10. The van der Waals surface area contributed by atoms with E-state index in [1.807, 2.05) is 12.1 Å². The van der Waals surface area contributed by atoms with E-state index >= 15 is 0 Å². The van der Waals surface area contributed by atoms with E-state index in [0.717, 1.165) is 11.4 Å². The Morgan fingerprint density at radius 2 is 2.07 bits per heavy atom. The molecule has 0 atom stereocenters. The highest BCUT2D eigenvalue weighted by Crippen LogP contribution is 2.22. The van der Waals surface area contributed by atoms with Crippen LogP contribution in [0.3, 0.4) is 0 Å². The largest absolute Gasteiger partial charge is 0.474 e. The molecule has 82 valence electrons. The van der Waals surface area contributed by atoms with Gasteiger partial charge in [-0.1, -0.05) is 12.5 Å². The molecule has 1 aromatic rings.